The van der Waals surface area contributed by atoms with Crippen LogP contribution in [0.1, 0.15) is 48.7 Å². The van der Waals surface area contributed by atoms with E-state index in [1.165, 1.54) is 0 Å². The molecule has 0 saturated carbocycles. The van der Waals surface area contributed by atoms with Gasteiger partial charge in [-0.3, -0.25) is 4.79 Å². The maximum Gasteiger partial charge on any atom is 0.257 e. The summed E-state index contributed by atoms with van der Waals surface area (Å²) in [6, 6.07) is 9.77. The minimum Gasteiger partial charge on any atom is -0.493 e. The third kappa shape index (κ3) is 4.20. The minimum absolute atomic E-state index is 0.00880. The largest absolute Gasteiger partial charge is 0.493 e. The lowest BCUT2D eigenvalue weighted by Crippen LogP contribution is -2.43. The van der Waals surface area contributed by atoms with Crippen LogP contribution in [0.15, 0.2) is 36.5 Å². The van der Waals surface area contributed by atoms with Crippen LogP contribution in [0.2, 0.25) is 0 Å². The number of rotatable bonds is 6. The van der Waals surface area contributed by atoms with Crippen molar-refractivity contribution in [1.82, 2.24) is 14.9 Å². The zero-order valence-electron chi connectivity index (χ0n) is 19.1. The zero-order chi connectivity index (χ0) is 22.7. The van der Waals surface area contributed by atoms with Crippen molar-refractivity contribution in [1.29, 1.82) is 0 Å². The van der Waals surface area contributed by atoms with Crippen LogP contribution < -0.4 is 14.8 Å². The molecule has 1 N–H and O–H groups in total. The van der Waals surface area contributed by atoms with Crippen LogP contribution in [-0.4, -0.2) is 47.6 Å². The molecule has 1 aliphatic rings. The highest BCUT2D eigenvalue weighted by Crippen LogP contribution is 2.35. The number of nitrogens with one attached hydrogen (secondary N) is 1. The molecule has 0 aliphatic carbocycles. The molecule has 0 bridgehead atoms. The number of aromatic nitrogens is 2. The van der Waals surface area contributed by atoms with E-state index in [1.807, 2.05) is 42.2 Å². The van der Waals surface area contributed by atoms with Crippen molar-refractivity contribution >= 4 is 28.3 Å². The first-order chi connectivity index (χ1) is 15.5. The van der Waals surface area contributed by atoms with Crippen LogP contribution >= 0.6 is 0 Å². The van der Waals surface area contributed by atoms with Gasteiger partial charge in [-0.2, -0.15) is 0 Å². The van der Waals surface area contributed by atoms with E-state index in [0.29, 0.717) is 28.4 Å². The van der Waals surface area contributed by atoms with Crippen molar-refractivity contribution < 1.29 is 14.3 Å². The van der Waals surface area contributed by atoms with Crippen molar-refractivity contribution in [2.75, 3.05) is 26.1 Å². The molecule has 1 fully saturated rings. The molecule has 7 heteroatoms. The Balaban J connectivity index is 1.81. The molecule has 2 aromatic heterocycles. The molecule has 1 amide bonds. The van der Waals surface area contributed by atoms with E-state index < -0.39 is 0 Å². The number of hydrogen-bond donors (Lipinski definition) is 1. The molecule has 3 aromatic rings. The Bertz CT molecular complexity index is 1130. The normalized spacial score (nSPS) is 16.1. The first-order valence-electron chi connectivity index (χ1n) is 11.1. The van der Waals surface area contributed by atoms with Crippen LogP contribution in [0, 0.1) is 6.92 Å². The van der Waals surface area contributed by atoms with E-state index >= 15 is 0 Å². The molecule has 1 atom stereocenters. The third-order valence-electron chi connectivity index (χ3n) is 6.11. The smallest absolute Gasteiger partial charge is 0.257 e. The molecule has 0 spiro atoms. The number of carbonyl (C=O) groups is 1. The van der Waals surface area contributed by atoms with Gasteiger partial charge < -0.3 is 19.7 Å². The van der Waals surface area contributed by atoms with E-state index in [1.54, 1.807) is 20.4 Å². The summed E-state index contributed by atoms with van der Waals surface area (Å²) in [6.07, 6.45) is 5.84. The number of likely N-dealkylation sites (tertiary alicyclic amines) is 1. The number of ether oxygens (including phenoxy) is 2. The van der Waals surface area contributed by atoms with E-state index in [9.17, 15) is 4.79 Å². The standard InChI is InChI=1S/C25H30N4O3/c1-5-18-8-6-7-13-29(18)25(30)20-15-26-24-19(11-9-16(2)27-24)23(20)28-17-10-12-21(31-3)22(14-17)32-4/h9-12,14-15,18H,5-8,13H2,1-4H3,(H,26,27,28)/t18-/m1/s1. The molecule has 1 aliphatic heterocycles. The second-order valence-electron chi connectivity index (χ2n) is 8.12. The first-order valence-corrected chi connectivity index (χ1v) is 11.1. The Kier molecular flexibility index (Phi) is 6.44. The van der Waals surface area contributed by atoms with E-state index in [4.69, 9.17) is 9.47 Å². The quantitative estimate of drug-likeness (QED) is 0.581. The number of anilines is 2. The summed E-state index contributed by atoms with van der Waals surface area (Å²) in [5.41, 5.74) is 3.53. The van der Waals surface area contributed by atoms with Gasteiger partial charge in [-0.1, -0.05) is 6.92 Å². The lowest BCUT2D eigenvalue weighted by molar-refractivity contribution is 0.0609. The number of benzene rings is 1. The fourth-order valence-corrected chi connectivity index (χ4v) is 4.37. The highest BCUT2D eigenvalue weighted by Gasteiger charge is 2.29. The molecule has 0 unspecified atom stereocenters. The molecule has 0 radical (unpaired) electrons. The maximum atomic E-state index is 13.7. The molecule has 32 heavy (non-hydrogen) atoms. The van der Waals surface area contributed by atoms with Gasteiger partial charge in [0.1, 0.15) is 0 Å². The second-order valence-corrected chi connectivity index (χ2v) is 8.12. The lowest BCUT2D eigenvalue weighted by atomic mass is 9.98. The van der Waals surface area contributed by atoms with E-state index in [2.05, 4.69) is 22.2 Å². The lowest BCUT2D eigenvalue weighted by Gasteiger charge is -2.35. The summed E-state index contributed by atoms with van der Waals surface area (Å²) >= 11 is 0. The highest BCUT2D eigenvalue weighted by molar-refractivity contribution is 6.07. The number of methoxy groups -OCH3 is 2. The molecule has 1 saturated heterocycles. The van der Waals surface area contributed by atoms with Gasteiger partial charge in [0.15, 0.2) is 17.1 Å². The van der Waals surface area contributed by atoms with Crippen molar-refractivity contribution in [2.24, 2.45) is 0 Å². The van der Waals surface area contributed by atoms with Crippen LogP contribution in [0.5, 0.6) is 11.5 Å². The second kappa shape index (κ2) is 9.42. The summed E-state index contributed by atoms with van der Waals surface area (Å²) in [6.45, 7) is 4.85. The van der Waals surface area contributed by atoms with Crippen molar-refractivity contribution in [3.8, 4) is 11.5 Å². The predicted molar refractivity (Wildman–Crippen MR) is 126 cm³/mol. The van der Waals surface area contributed by atoms with Crippen molar-refractivity contribution in [2.45, 2.75) is 45.6 Å². The third-order valence-corrected chi connectivity index (χ3v) is 6.11. The zero-order valence-corrected chi connectivity index (χ0v) is 19.1. The van der Waals surface area contributed by atoms with Crippen LogP contribution in [0.4, 0.5) is 11.4 Å². The van der Waals surface area contributed by atoms with Gasteiger partial charge in [0.25, 0.3) is 5.91 Å². The van der Waals surface area contributed by atoms with Gasteiger partial charge in [0, 0.05) is 41.6 Å². The van der Waals surface area contributed by atoms with Gasteiger partial charge in [-0.25, -0.2) is 9.97 Å². The van der Waals surface area contributed by atoms with E-state index in [0.717, 1.165) is 49.0 Å². The van der Waals surface area contributed by atoms with Crippen LogP contribution in [-0.2, 0) is 0 Å². The average Bonchev–Trinajstić information content (AvgIpc) is 2.83. The molecule has 4 rings (SSSR count). The number of amides is 1. The highest BCUT2D eigenvalue weighted by atomic mass is 16.5. The SMILES string of the molecule is CC[C@@H]1CCCCN1C(=O)c1cnc2nc(C)ccc2c1Nc1ccc(OC)c(OC)c1. The fraction of sp³-hybridized carbons (Fsp3) is 0.400. The summed E-state index contributed by atoms with van der Waals surface area (Å²) in [7, 11) is 3.21. The fourth-order valence-electron chi connectivity index (χ4n) is 4.37. The average molecular weight is 435 g/mol. The van der Waals surface area contributed by atoms with Gasteiger partial charge in [0.05, 0.1) is 25.5 Å². The summed E-state index contributed by atoms with van der Waals surface area (Å²) in [5, 5.41) is 4.26. The van der Waals surface area contributed by atoms with Gasteiger partial charge in [-0.05, 0) is 56.9 Å². The predicted octanol–water partition coefficient (Wildman–Crippen LogP) is 5.10. The monoisotopic (exact) mass is 434 g/mol. The molecular weight excluding hydrogens is 404 g/mol. The summed E-state index contributed by atoms with van der Waals surface area (Å²) in [4.78, 5) is 24.8. The van der Waals surface area contributed by atoms with Crippen molar-refractivity contribution in [3.63, 3.8) is 0 Å². The number of pyridine rings is 2. The number of piperidine rings is 1. The topological polar surface area (TPSA) is 76.6 Å². The van der Waals surface area contributed by atoms with Crippen molar-refractivity contribution in [3.05, 3.63) is 47.8 Å². The Hall–Kier alpha value is -3.35. The Morgan fingerprint density at radius 1 is 1.16 bits per heavy atom. The number of fused-ring (bicyclic) bond motifs is 1. The Morgan fingerprint density at radius 2 is 1.97 bits per heavy atom. The Morgan fingerprint density at radius 3 is 2.72 bits per heavy atom. The molecule has 3 heterocycles. The summed E-state index contributed by atoms with van der Waals surface area (Å²) < 4.78 is 10.8. The Labute approximate surface area is 188 Å². The first kappa shape index (κ1) is 21.9. The number of hydrogen-bond acceptors (Lipinski definition) is 6. The van der Waals surface area contributed by atoms with Crippen LogP contribution in [0.25, 0.3) is 11.0 Å². The van der Waals surface area contributed by atoms with Gasteiger partial charge in [0.2, 0.25) is 0 Å². The molecule has 7 nitrogen and oxygen atoms in total. The van der Waals surface area contributed by atoms with E-state index in [-0.39, 0.29) is 11.9 Å². The maximum absolute atomic E-state index is 13.7. The minimum atomic E-state index is 0.00880. The summed E-state index contributed by atoms with van der Waals surface area (Å²) in [5.74, 6) is 1.26. The molecule has 168 valence electrons. The van der Waals surface area contributed by atoms with Gasteiger partial charge >= 0.3 is 0 Å². The number of aryl methyl sites for hydroxylation is 1. The molecular formula is C25H30N4O3. The van der Waals surface area contributed by atoms with Gasteiger partial charge in [-0.15, -0.1) is 0 Å². The van der Waals surface area contributed by atoms with Crippen LogP contribution in [0.3, 0.4) is 0 Å². The number of carbonyl (C=O) groups excluding carboxylic acids is 1. The molecule has 1 aromatic carbocycles. The number of nitrogens with zero attached hydrogens (tertiary/aromatic N) is 3.